The van der Waals surface area contributed by atoms with Crippen LogP contribution in [0.15, 0.2) is 48.5 Å². The normalized spacial score (nSPS) is 17.8. The number of carbonyl (C=O) groups excluding carboxylic acids is 1. The molecule has 238 valence electrons. The molecule has 3 heterocycles. The van der Waals surface area contributed by atoms with Gasteiger partial charge in [-0.05, 0) is 76.2 Å². The zero-order valence-electron chi connectivity index (χ0n) is 26.9. The maximum atomic E-state index is 13.8. The first-order chi connectivity index (χ1) is 21.5. The molecule has 1 N–H and O–H groups in total. The van der Waals surface area contributed by atoms with Gasteiger partial charge in [0.2, 0.25) is 0 Å². The Bertz CT molecular complexity index is 1650. The summed E-state index contributed by atoms with van der Waals surface area (Å²) in [6.45, 7) is 9.07. The molecule has 0 saturated carbocycles. The smallest absolute Gasteiger partial charge is 0.272 e. The molecule has 1 amide bonds. The second-order valence-electron chi connectivity index (χ2n) is 12.4. The fraction of sp³-hybridized carbons (Fsp3) is 0.429. The topological polar surface area (TPSA) is 95.4 Å². The summed E-state index contributed by atoms with van der Waals surface area (Å²) in [6, 6.07) is 14.9. The Kier molecular flexibility index (Phi) is 9.94. The highest BCUT2D eigenvalue weighted by atomic mass is 32.2. The molecule has 2 aliphatic rings. The van der Waals surface area contributed by atoms with E-state index in [2.05, 4.69) is 23.8 Å². The van der Waals surface area contributed by atoms with Crippen molar-refractivity contribution in [1.29, 1.82) is 0 Å². The van der Waals surface area contributed by atoms with Gasteiger partial charge in [0, 0.05) is 61.6 Å². The molecule has 0 radical (unpaired) electrons. The molecule has 10 heteroatoms. The van der Waals surface area contributed by atoms with Crippen LogP contribution in [0.5, 0.6) is 11.5 Å². The number of aromatic nitrogens is 1. The van der Waals surface area contributed by atoms with Gasteiger partial charge in [-0.15, -0.1) is 0 Å². The molecule has 1 saturated heterocycles. The van der Waals surface area contributed by atoms with Crippen molar-refractivity contribution in [2.45, 2.75) is 44.5 Å². The second kappa shape index (κ2) is 13.7. The van der Waals surface area contributed by atoms with Gasteiger partial charge in [-0.2, -0.15) is 0 Å². The summed E-state index contributed by atoms with van der Waals surface area (Å²) in [5.74, 6) is 7.59. The minimum atomic E-state index is -1.34. The molecule has 2 aromatic carbocycles. The number of aliphatic hydroxyl groups excluding tert-OH is 1. The van der Waals surface area contributed by atoms with E-state index in [1.807, 2.05) is 78.5 Å². The lowest BCUT2D eigenvalue weighted by Gasteiger charge is -2.32. The number of nitrogens with zero attached hydrogens (tertiary/aromatic N) is 4. The van der Waals surface area contributed by atoms with Crippen LogP contribution in [0.2, 0.25) is 0 Å². The number of rotatable bonds is 7. The zero-order chi connectivity index (χ0) is 32.3. The predicted molar refractivity (Wildman–Crippen MR) is 176 cm³/mol. The third kappa shape index (κ3) is 7.07. The van der Waals surface area contributed by atoms with Crippen molar-refractivity contribution in [2.24, 2.45) is 0 Å². The van der Waals surface area contributed by atoms with E-state index in [1.54, 1.807) is 14.2 Å². The van der Waals surface area contributed by atoms with E-state index in [4.69, 9.17) is 14.5 Å². The summed E-state index contributed by atoms with van der Waals surface area (Å²) in [7, 11) is 3.90. The predicted octanol–water partition coefficient (Wildman–Crippen LogP) is 4.25. The molecular weight excluding hydrogens is 588 g/mol. The maximum Gasteiger partial charge on any atom is 0.272 e. The summed E-state index contributed by atoms with van der Waals surface area (Å²) in [4.78, 5) is 22.9. The van der Waals surface area contributed by atoms with Gasteiger partial charge in [-0.1, -0.05) is 24.0 Å². The number of benzene rings is 2. The lowest BCUT2D eigenvalue weighted by Crippen LogP contribution is -2.47. The number of pyridine rings is 1. The number of hydrogen-bond donors (Lipinski definition) is 1. The van der Waals surface area contributed by atoms with Crippen LogP contribution >= 0.6 is 0 Å². The number of amides is 1. The third-order valence-electron chi connectivity index (χ3n) is 8.17. The van der Waals surface area contributed by atoms with Crippen molar-refractivity contribution in [1.82, 2.24) is 19.1 Å². The van der Waals surface area contributed by atoms with Gasteiger partial charge in [-0.3, -0.25) is 4.79 Å². The molecular formula is C35H42N4O5S. The summed E-state index contributed by atoms with van der Waals surface area (Å²) in [5, 5.41) is 10.1. The van der Waals surface area contributed by atoms with Gasteiger partial charge in [0.15, 0.2) is 11.5 Å². The molecule has 2 atom stereocenters. The molecule has 1 fully saturated rings. The molecule has 2 aliphatic heterocycles. The summed E-state index contributed by atoms with van der Waals surface area (Å²) in [5.41, 5.74) is 5.22. The van der Waals surface area contributed by atoms with Crippen molar-refractivity contribution < 1.29 is 23.6 Å². The van der Waals surface area contributed by atoms with E-state index in [-0.39, 0.29) is 18.6 Å². The Morgan fingerprint density at radius 2 is 1.69 bits per heavy atom. The van der Waals surface area contributed by atoms with Crippen molar-refractivity contribution in [3.63, 3.8) is 0 Å². The van der Waals surface area contributed by atoms with Crippen molar-refractivity contribution in [3.8, 4) is 34.6 Å². The Balaban J connectivity index is 1.59. The lowest BCUT2D eigenvalue weighted by atomic mass is 9.95. The van der Waals surface area contributed by atoms with E-state index in [0.29, 0.717) is 48.9 Å². The number of aliphatic hydroxyl groups is 1. The number of fused-ring (bicyclic) bond motifs is 1. The highest BCUT2D eigenvalue weighted by Crippen LogP contribution is 2.44. The standard InChI is InChI=1S/C35H42N4O5S/c1-35(2,3)45(42)39-23-27-22-28(34(41)38-17-15-37(4)16-18-38)36-33(32(27)29(39)14-19-40)26-9-7-8-24(20-26)10-11-25-12-13-30(43-5)31(21-25)44-6/h7-9,12-13,20-22,29,40H,14-19,23H2,1-6H3/t29-,45?/m0/s1. The Morgan fingerprint density at radius 1 is 1.00 bits per heavy atom. The fourth-order valence-electron chi connectivity index (χ4n) is 5.77. The summed E-state index contributed by atoms with van der Waals surface area (Å²) >= 11 is 0. The minimum absolute atomic E-state index is 0.0692. The Hall–Kier alpha value is -3.75. The lowest BCUT2D eigenvalue weighted by molar-refractivity contribution is 0.0658. The summed E-state index contributed by atoms with van der Waals surface area (Å²) in [6.07, 6.45) is 0.397. The van der Waals surface area contributed by atoms with Gasteiger partial charge in [0.05, 0.1) is 30.7 Å². The van der Waals surface area contributed by atoms with E-state index in [9.17, 15) is 14.1 Å². The van der Waals surface area contributed by atoms with Gasteiger partial charge >= 0.3 is 0 Å². The number of methoxy groups -OCH3 is 2. The average Bonchev–Trinajstić information content (AvgIpc) is 3.40. The quantitative estimate of drug-likeness (QED) is 0.390. The van der Waals surface area contributed by atoms with Crippen LogP contribution in [0, 0.1) is 11.8 Å². The van der Waals surface area contributed by atoms with Crippen LogP contribution in [-0.2, 0) is 17.5 Å². The van der Waals surface area contributed by atoms with Crippen molar-refractivity contribution >= 4 is 16.9 Å². The van der Waals surface area contributed by atoms with Crippen LogP contribution in [-0.4, -0.2) is 93.1 Å². The average molecular weight is 631 g/mol. The van der Waals surface area contributed by atoms with Crippen molar-refractivity contribution in [2.75, 3.05) is 54.1 Å². The first-order valence-corrected chi connectivity index (χ1v) is 16.3. The second-order valence-corrected chi connectivity index (χ2v) is 14.6. The fourth-order valence-corrected chi connectivity index (χ4v) is 7.17. The molecule has 5 rings (SSSR count). The number of hydrogen-bond acceptors (Lipinski definition) is 7. The Labute approximate surface area is 268 Å². The molecule has 9 nitrogen and oxygen atoms in total. The number of likely N-dealkylation sites (N-methyl/N-ethyl adjacent to an activating group) is 1. The van der Waals surface area contributed by atoms with E-state index < -0.39 is 15.7 Å². The number of ether oxygens (including phenoxy) is 2. The summed E-state index contributed by atoms with van der Waals surface area (Å²) < 4.78 is 26.0. The SMILES string of the molecule is COc1ccc(C#Cc2cccc(-c3nc(C(=O)N4CCN(C)CC4)cc4c3[C@H](CCO)N(S(=O)C(C)(C)C)C4)c2)cc1OC. The highest BCUT2D eigenvalue weighted by molar-refractivity contribution is 7.84. The van der Waals surface area contributed by atoms with Gasteiger partial charge in [0.25, 0.3) is 5.91 Å². The zero-order valence-corrected chi connectivity index (χ0v) is 27.7. The van der Waals surface area contributed by atoms with Gasteiger partial charge in [0.1, 0.15) is 16.7 Å². The van der Waals surface area contributed by atoms with Gasteiger partial charge < -0.3 is 24.4 Å². The Morgan fingerprint density at radius 3 is 2.33 bits per heavy atom. The molecule has 0 aliphatic carbocycles. The van der Waals surface area contributed by atoms with E-state index in [0.717, 1.165) is 40.9 Å². The van der Waals surface area contributed by atoms with E-state index >= 15 is 0 Å². The van der Waals surface area contributed by atoms with Crippen LogP contribution < -0.4 is 9.47 Å². The molecule has 3 aromatic rings. The molecule has 0 spiro atoms. The van der Waals surface area contributed by atoms with E-state index in [1.165, 1.54) is 0 Å². The molecule has 0 bridgehead atoms. The third-order valence-corrected chi connectivity index (χ3v) is 10.0. The maximum absolute atomic E-state index is 13.8. The van der Waals surface area contributed by atoms with Crippen molar-refractivity contribution in [3.05, 3.63) is 76.5 Å². The largest absolute Gasteiger partial charge is 0.493 e. The molecule has 1 unspecified atom stereocenters. The molecule has 1 aromatic heterocycles. The van der Waals surface area contributed by atoms with Gasteiger partial charge in [-0.25, -0.2) is 13.5 Å². The number of carbonyl (C=O) groups is 1. The molecule has 45 heavy (non-hydrogen) atoms. The van der Waals surface area contributed by atoms with Crippen LogP contribution in [0.25, 0.3) is 11.3 Å². The minimum Gasteiger partial charge on any atom is -0.493 e. The monoisotopic (exact) mass is 630 g/mol. The highest BCUT2D eigenvalue weighted by Gasteiger charge is 2.40. The van der Waals surface area contributed by atoms with Crippen LogP contribution in [0.4, 0.5) is 0 Å². The number of piperazine rings is 1. The van der Waals surface area contributed by atoms with Crippen LogP contribution in [0.3, 0.4) is 0 Å². The first-order valence-electron chi connectivity index (χ1n) is 15.2. The first kappa shape index (κ1) is 32.6. The van der Waals surface area contributed by atoms with Crippen LogP contribution in [0.1, 0.15) is 66.0 Å².